The number of rotatable bonds is 3. The molecular formula is C18H15Cl2F5NTi. The summed E-state index contributed by atoms with van der Waals surface area (Å²) in [5.74, 6) is -10.1. The van der Waals surface area contributed by atoms with E-state index >= 15 is 0 Å². The minimum absolute atomic E-state index is 0. The SMILES string of the molecule is CC(C)(C)c1[c-]c(CC=Nc2c(F)c(F)c(F)c(F)c2F)ccc1.[Cl-].[Cl-].[Ti+3]. The second-order valence-electron chi connectivity index (χ2n) is 6.27. The van der Waals surface area contributed by atoms with Crippen molar-refractivity contribution >= 4 is 11.9 Å². The van der Waals surface area contributed by atoms with Crippen LogP contribution < -0.4 is 24.8 Å². The fraction of sp³-hybridized carbons (Fsp3) is 0.278. The summed E-state index contributed by atoms with van der Waals surface area (Å²) in [6, 6.07) is 8.58. The van der Waals surface area contributed by atoms with Gasteiger partial charge in [-0.25, -0.2) is 22.0 Å². The van der Waals surface area contributed by atoms with Crippen molar-refractivity contribution in [1.82, 2.24) is 0 Å². The molecule has 0 aromatic heterocycles. The Balaban J connectivity index is 0. The van der Waals surface area contributed by atoms with Crippen LogP contribution in [0, 0.1) is 35.2 Å². The van der Waals surface area contributed by atoms with Crippen LogP contribution in [0.5, 0.6) is 0 Å². The Labute approximate surface area is 182 Å². The second kappa shape index (κ2) is 11.2. The fourth-order valence-corrected chi connectivity index (χ4v) is 2.02. The number of benzene rings is 2. The predicted octanol–water partition coefficient (Wildman–Crippen LogP) is -0.570. The second-order valence-corrected chi connectivity index (χ2v) is 6.27. The molecule has 0 bridgehead atoms. The van der Waals surface area contributed by atoms with E-state index in [1.54, 1.807) is 12.1 Å². The third-order valence-corrected chi connectivity index (χ3v) is 3.38. The normalized spacial score (nSPS) is 10.8. The van der Waals surface area contributed by atoms with E-state index in [4.69, 9.17) is 0 Å². The van der Waals surface area contributed by atoms with E-state index < -0.39 is 34.8 Å². The van der Waals surface area contributed by atoms with Crippen molar-refractivity contribution in [2.45, 2.75) is 32.6 Å². The molecule has 0 heterocycles. The summed E-state index contributed by atoms with van der Waals surface area (Å²) in [7, 11) is 0. The molecule has 2 aromatic carbocycles. The Bertz CT molecular complexity index is 778. The van der Waals surface area contributed by atoms with Gasteiger partial charge >= 0.3 is 21.7 Å². The van der Waals surface area contributed by atoms with E-state index in [9.17, 15) is 22.0 Å². The Morgan fingerprint density at radius 1 is 0.889 bits per heavy atom. The van der Waals surface area contributed by atoms with Crippen LogP contribution in [0.25, 0.3) is 0 Å². The molecule has 1 radical (unpaired) electrons. The Hall–Kier alpha value is -0.946. The average molecular weight is 459 g/mol. The van der Waals surface area contributed by atoms with Crippen LogP contribution in [0.15, 0.2) is 23.2 Å². The summed E-state index contributed by atoms with van der Waals surface area (Å²) >= 11 is 0. The molecule has 145 valence electrons. The first-order valence-electron chi connectivity index (χ1n) is 7.18. The quantitative estimate of drug-likeness (QED) is 0.146. The smallest absolute Gasteiger partial charge is 1.00 e. The zero-order valence-electron chi connectivity index (χ0n) is 14.6. The van der Waals surface area contributed by atoms with Gasteiger partial charge in [-0.1, -0.05) is 20.8 Å². The van der Waals surface area contributed by atoms with Gasteiger partial charge in [0.15, 0.2) is 23.3 Å². The first-order chi connectivity index (χ1) is 11.1. The molecule has 0 N–H and O–H groups in total. The number of hydrogen-bond acceptors (Lipinski definition) is 1. The maximum absolute atomic E-state index is 13.5. The van der Waals surface area contributed by atoms with Gasteiger partial charge < -0.3 is 24.8 Å². The topological polar surface area (TPSA) is 12.4 Å². The van der Waals surface area contributed by atoms with Gasteiger partial charge in [0.05, 0.1) is 0 Å². The maximum atomic E-state index is 13.5. The molecule has 0 aliphatic heterocycles. The number of nitrogens with zero attached hydrogens (tertiary/aromatic N) is 1. The molecule has 9 heteroatoms. The van der Waals surface area contributed by atoms with E-state index in [2.05, 4.69) is 11.1 Å². The molecule has 1 nitrogen and oxygen atoms in total. The molecule has 0 saturated carbocycles. The van der Waals surface area contributed by atoms with Crippen molar-refractivity contribution in [2.24, 2.45) is 4.99 Å². The van der Waals surface area contributed by atoms with Gasteiger partial charge in [-0.15, -0.1) is 0 Å². The van der Waals surface area contributed by atoms with Crippen molar-refractivity contribution in [3.63, 3.8) is 0 Å². The minimum Gasteiger partial charge on any atom is -1.00 e. The Morgan fingerprint density at radius 3 is 1.85 bits per heavy atom. The Kier molecular flexibility index (Phi) is 11.7. The summed E-state index contributed by atoms with van der Waals surface area (Å²) in [6.45, 7) is 6.02. The van der Waals surface area contributed by atoms with Crippen LogP contribution in [0.3, 0.4) is 0 Å². The zero-order chi connectivity index (χ0) is 18.1. The number of hydrogen-bond donors (Lipinski definition) is 0. The predicted molar refractivity (Wildman–Crippen MR) is 82.1 cm³/mol. The Morgan fingerprint density at radius 2 is 1.37 bits per heavy atom. The third-order valence-electron chi connectivity index (χ3n) is 3.38. The maximum Gasteiger partial charge on any atom is 3.00 e. The van der Waals surface area contributed by atoms with Crippen molar-refractivity contribution < 1.29 is 68.5 Å². The van der Waals surface area contributed by atoms with Gasteiger partial charge in [0, 0.05) is 6.21 Å². The first-order valence-corrected chi connectivity index (χ1v) is 7.18. The van der Waals surface area contributed by atoms with Gasteiger partial charge in [0.1, 0.15) is 5.69 Å². The fourth-order valence-electron chi connectivity index (χ4n) is 2.02. The van der Waals surface area contributed by atoms with Crippen LogP contribution in [-0.4, -0.2) is 6.21 Å². The van der Waals surface area contributed by atoms with E-state index in [-0.39, 0.29) is 58.4 Å². The molecule has 0 aliphatic rings. The van der Waals surface area contributed by atoms with Gasteiger partial charge in [-0.2, -0.15) is 35.4 Å². The van der Waals surface area contributed by atoms with E-state index in [0.717, 1.165) is 11.8 Å². The number of halogens is 7. The summed E-state index contributed by atoms with van der Waals surface area (Å²) in [4.78, 5) is 3.41. The van der Waals surface area contributed by atoms with Crippen molar-refractivity contribution in [1.29, 1.82) is 0 Å². The molecule has 27 heavy (non-hydrogen) atoms. The summed E-state index contributed by atoms with van der Waals surface area (Å²) in [5, 5.41) is 0. The largest absolute Gasteiger partial charge is 3.00 e. The van der Waals surface area contributed by atoms with Gasteiger partial charge in [-0.3, -0.25) is 4.99 Å². The van der Waals surface area contributed by atoms with Gasteiger partial charge in [0.2, 0.25) is 5.82 Å². The third kappa shape index (κ3) is 6.56. The molecule has 0 unspecified atom stereocenters. The van der Waals surface area contributed by atoms with E-state index in [1.807, 2.05) is 26.8 Å². The number of aliphatic imine (C=N–C) groups is 1. The van der Waals surface area contributed by atoms with Crippen LogP contribution in [0.2, 0.25) is 0 Å². The molecule has 0 saturated heterocycles. The van der Waals surface area contributed by atoms with E-state index in [0.29, 0.717) is 5.56 Å². The first kappa shape index (κ1) is 28.3. The molecule has 0 aliphatic carbocycles. The molecule has 2 aromatic rings. The standard InChI is InChI=1S/C18H15F5N.2ClH.Ti/c1-18(2,3)11-6-4-5-10(9-11)7-8-24-17-15(22)13(20)12(19)14(21)16(17)23;;;/h4-6,8H,7H2,1-3H3;2*1H;/q-1;;;+3/p-2. The average Bonchev–Trinajstić information content (AvgIpc) is 2.54. The van der Waals surface area contributed by atoms with E-state index in [1.165, 1.54) is 0 Å². The van der Waals surface area contributed by atoms with Crippen molar-refractivity contribution in [3.05, 3.63) is 64.5 Å². The van der Waals surface area contributed by atoms with Crippen molar-refractivity contribution in [2.75, 3.05) is 0 Å². The minimum atomic E-state index is -2.20. The molecule has 0 fully saturated rings. The summed E-state index contributed by atoms with van der Waals surface area (Å²) in [5.41, 5.74) is 0.298. The van der Waals surface area contributed by atoms with Crippen LogP contribution >= 0.6 is 0 Å². The van der Waals surface area contributed by atoms with Crippen molar-refractivity contribution in [3.8, 4) is 0 Å². The van der Waals surface area contributed by atoms with Crippen LogP contribution in [0.4, 0.5) is 27.6 Å². The van der Waals surface area contributed by atoms with Crippen LogP contribution in [-0.2, 0) is 33.6 Å². The van der Waals surface area contributed by atoms with Crippen LogP contribution in [0.1, 0.15) is 31.9 Å². The molecule has 0 atom stereocenters. The zero-order valence-corrected chi connectivity index (χ0v) is 17.7. The molecular weight excluding hydrogens is 444 g/mol. The summed E-state index contributed by atoms with van der Waals surface area (Å²) in [6.07, 6.45) is 1.24. The summed E-state index contributed by atoms with van der Waals surface area (Å²) < 4.78 is 66.2. The monoisotopic (exact) mass is 458 g/mol. The molecule has 0 spiro atoms. The molecule has 2 rings (SSSR count). The molecule has 0 amide bonds. The van der Waals surface area contributed by atoms with Gasteiger partial charge in [0.25, 0.3) is 0 Å². The van der Waals surface area contributed by atoms with Gasteiger partial charge in [-0.05, 0) is 11.8 Å².